The maximum atomic E-state index is 13.9. The predicted octanol–water partition coefficient (Wildman–Crippen LogP) is 4.74. The highest BCUT2D eigenvalue weighted by Crippen LogP contribution is 2.35. The number of carbonyl (C=O) groups excluding carboxylic acids is 3. The molecule has 2 aliphatic heterocycles. The molecule has 2 aliphatic rings. The number of benzene rings is 1. The molecule has 3 aromatic rings. The van der Waals surface area contributed by atoms with Crippen molar-refractivity contribution >= 4 is 41.0 Å². The van der Waals surface area contributed by atoms with E-state index in [4.69, 9.17) is 33.0 Å². The molecule has 0 saturated heterocycles. The molecule has 38 heavy (non-hydrogen) atoms. The Hall–Kier alpha value is -3.43. The van der Waals surface area contributed by atoms with Gasteiger partial charge in [0.05, 0.1) is 41.5 Å². The first-order chi connectivity index (χ1) is 18.1. The van der Waals surface area contributed by atoms with Crippen LogP contribution >= 0.6 is 23.2 Å². The number of methoxy groups -OCH3 is 1. The number of nitrogens with zero attached hydrogens (tertiary/aromatic N) is 5. The Balaban J connectivity index is 1.44. The fourth-order valence-corrected chi connectivity index (χ4v) is 5.45. The minimum Gasteiger partial charge on any atom is -0.464 e. The van der Waals surface area contributed by atoms with Crippen molar-refractivity contribution in [3.63, 3.8) is 0 Å². The number of rotatable bonds is 4. The Bertz CT molecular complexity index is 1440. The number of halogens is 2. The van der Waals surface area contributed by atoms with Crippen LogP contribution in [0, 0.1) is 0 Å². The minimum atomic E-state index is -0.517. The molecule has 3 atom stereocenters. The van der Waals surface area contributed by atoms with Gasteiger partial charge in [-0.05, 0) is 50.6 Å². The van der Waals surface area contributed by atoms with Gasteiger partial charge in [-0.3, -0.25) is 14.3 Å². The number of pyridine rings is 1. The van der Waals surface area contributed by atoms with Crippen LogP contribution in [-0.2, 0) is 17.7 Å². The zero-order chi connectivity index (χ0) is 27.3. The smallest absolute Gasteiger partial charge is 0.356 e. The average molecular weight is 556 g/mol. The maximum Gasteiger partial charge on any atom is 0.356 e. The van der Waals surface area contributed by atoms with Gasteiger partial charge in [0.1, 0.15) is 11.4 Å². The van der Waals surface area contributed by atoms with E-state index >= 15 is 0 Å². The highest BCUT2D eigenvalue weighted by atomic mass is 35.5. The molecule has 0 bridgehead atoms. The van der Waals surface area contributed by atoms with Crippen LogP contribution in [-0.4, -0.2) is 62.0 Å². The SMILES string of the molecule is COC(=O)c1ccc(C(C)N2C[C@@H](C)n3nc4c(c3C2=O)CN(C(=O)c2ccc(Cl)c(Cl)c2)[C@H](C)C4)cn1. The van der Waals surface area contributed by atoms with E-state index in [0.29, 0.717) is 34.3 Å². The zero-order valence-electron chi connectivity index (χ0n) is 21.4. The van der Waals surface area contributed by atoms with E-state index in [2.05, 4.69) is 4.98 Å². The van der Waals surface area contributed by atoms with Crippen molar-refractivity contribution in [1.29, 1.82) is 0 Å². The first-order valence-electron chi connectivity index (χ1n) is 12.3. The van der Waals surface area contributed by atoms with Crippen molar-refractivity contribution in [3.05, 3.63) is 80.3 Å². The van der Waals surface area contributed by atoms with Crippen LogP contribution in [0.15, 0.2) is 36.5 Å². The lowest BCUT2D eigenvalue weighted by Gasteiger charge is -2.37. The molecule has 0 spiro atoms. The Kier molecular flexibility index (Phi) is 6.92. The van der Waals surface area contributed by atoms with Crippen LogP contribution in [0.25, 0.3) is 0 Å². The molecule has 0 fully saturated rings. The average Bonchev–Trinajstić information content (AvgIpc) is 3.29. The number of hydrogen-bond acceptors (Lipinski definition) is 6. The second-order valence-corrected chi connectivity index (χ2v) is 10.6. The largest absolute Gasteiger partial charge is 0.464 e. The summed E-state index contributed by atoms with van der Waals surface area (Å²) >= 11 is 12.2. The van der Waals surface area contributed by atoms with Gasteiger partial charge < -0.3 is 14.5 Å². The fourth-order valence-electron chi connectivity index (χ4n) is 5.15. The van der Waals surface area contributed by atoms with Gasteiger partial charge in [-0.25, -0.2) is 9.78 Å². The van der Waals surface area contributed by atoms with Crippen LogP contribution < -0.4 is 0 Å². The first-order valence-corrected chi connectivity index (χ1v) is 13.1. The molecule has 0 saturated carbocycles. The topological polar surface area (TPSA) is 97.6 Å². The molecule has 0 aliphatic carbocycles. The van der Waals surface area contributed by atoms with Crippen molar-refractivity contribution in [2.24, 2.45) is 0 Å². The van der Waals surface area contributed by atoms with E-state index in [1.165, 1.54) is 7.11 Å². The number of aromatic nitrogens is 3. The highest BCUT2D eigenvalue weighted by Gasteiger charge is 2.40. The summed E-state index contributed by atoms with van der Waals surface area (Å²) in [5, 5.41) is 5.50. The Morgan fingerprint density at radius 3 is 2.53 bits per heavy atom. The molecular formula is C27H27Cl2N5O4. The number of carbonyl (C=O) groups is 3. The van der Waals surface area contributed by atoms with Crippen molar-refractivity contribution in [3.8, 4) is 0 Å². The second-order valence-electron chi connectivity index (χ2n) is 9.78. The molecule has 5 rings (SSSR count). The molecule has 4 heterocycles. The number of ether oxygens (including phenoxy) is 1. The maximum absolute atomic E-state index is 13.9. The van der Waals surface area contributed by atoms with Gasteiger partial charge in [0, 0.05) is 36.3 Å². The zero-order valence-corrected chi connectivity index (χ0v) is 23.0. The van der Waals surface area contributed by atoms with Crippen molar-refractivity contribution in [1.82, 2.24) is 24.6 Å². The van der Waals surface area contributed by atoms with Gasteiger partial charge >= 0.3 is 5.97 Å². The van der Waals surface area contributed by atoms with Crippen LogP contribution in [0.1, 0.15) is 81.0 Å². The van der Waals surface area contributed by atoms with E-state index in [1.54, 1.807) is 51.0 Å². The quantitative estimate of drug-likeness (QED) is 0.431. The molecule has 198 valence electrons. The summed E-state index contributed by atoms with van der Waals surface area (Å²) in [6.45, 7) is 6.66. The fraction of sp³-hybridized carbons (Fsp3) is 0.370. The van der Waals surface area contributed by atoms with Crippen molar-refractivity contribution in [2.75, 3.05) is 13.7 Å². The Labute approximate surface area is 230 Å². The van der Waals surface area contributed by atoms with E-state index < -0.39 is 5.97 Å². The van der Waals surface area contributed by atoms with Gasteiger partial charge in [-0.1, -0.05) is 29.3 Å². The van der Waals surface area contributed by atoms with Crippen molar-refractivity contribution < 1.29 is 19.1 Å². The van der Waals surface area contributed by atoms with Crippen molar-refractivity contribution in [2.45, 2.75) is 51.9 Å². The summed E-state index contributed by atoms with van der Waals surface area (Å²) in [5.41, 5.74) is 3.55. The van der Waals surface area contributed by atoms with Gasteiger partial charge in [0.25, 0.3) is 11.8 Å². The highest BCUT2D eigenvalue weighted by molar-refractivity contribution is 6.42. The molecule has 2 amide bonds. The number of fused-ring (bicyclic) bond motifs is 3. The lowest BCUT2D eigenvalue weighted by atomic mass is 9.96. The summed E-state index contributed by atoms with van der Waals surface area (Å²) in [4.78, 5) is 46.8. The summed E-state index contributed by atoms with van der Waals surface area (Å²) in [7, 11) is 1.30. The molecule has 1 aromatic carbocycles. The third kappa shape index (κ3) is 4.43. The van der Waals surface area contributed by atoms with E-state index in [0.717, 1.165) is 16.8 Å². The molecule has 9 nitrogen and oxygen atoms in total. The third-order valence-corrected chi connectivity index (χ3v) is 8.08. The first kappa shape index (κ1) is 26.2. The summed E-state index contributed by atoms with van der Waals surface area (Å²) < 4.78 is 6.52. The van der Waals surface area contributed by atoms with Gasteiger partial charge in [0.15, 0.2) is 0 Å². The van der Waals surface area contributed by atoms with E-state index in [1.807, 2.05) is 20.8 Å². The third-order valence-electron chi connectivity index (χ3n) is 7.34. The summed E-state index contributed by atoms with van der Waals surface area (Å²) in [5.74, 6) is -0.852. The lowest BCUT2D eigenvalue weighted by molar-refractivity contribution is 0.0570. The molecule has 0 N–H and O–H groups in total. The van der Waals surface area contributed by atoms with E-state index in [-0.39, 0.29) is 42.2 Å². The summed E-state index contributed by atoms with van der Waals surface area (Å²) in [6.07, 6.45) is 2.13. The number of hydrogen-bond donors (Lipinski definition) is 0. The molecule has 11 heteroatoms. The van der Waals surface area contributed by atoms with Gasteiger partial charge in [-0.15, -0.1) is 0 Å². The van der Waals surface area contributed by atoms with Crippen LogP contribution in [0.5, 0.6) is 0 Å². The minimum absolute atomic E-state index is 0.0624. The van der Waals surface area contributed by atoms with Gasteiger partial charge in [-0.2, -0.15) is 5.10 Å². The van der Waals surface area contributed by atoms with Gasteiger partial charge in [0.2, 0.25) is 0 Å². The second kappa shape index (κ2) is 10.0. The molecule has 1 unspecified atom stereocenters. The number of esters is 1. The predicted molar refractivity (Wildman–Crippen MR) is 141 cm³/mol. The Morgan fingerprint density at radius 1 is 1.11 bits per heavy atom. The van der Waals surface area contributed by atoms with E-state index in [9.17, 15) is 14.4 Å². The standard InChI is InChI=1S/C27H27Cl2N5O4/c1-14-9-23-19(13-32(14)25(35)17-5-7-20(28)21(29)10-17)24-26(36)33(12-15(2)34(24)31-23)16(3)18-6-8-22(30-11-18)27(37)38-4/h5-8,10-11,14-16H,9,12-13H2,1-4H3/t14-,15-,16?/m1/s1. The molecule has 0 radical (unpaired) electrons. The van der Waals surface area contributed by atoms with Crippen LogP contribution in [0.2, 0.25) is 10.0 Å². The summed E-state index contributed by atoms with van der Waals surface area (Å²) in [6, 6.07) is 7.74. The monoisotopic (exact) mass is 555 g/mol. The van der Waals surface area contributed by atoms with Crippen LogP contribution in [0.3, 0.4) is 0 Å². The molecular weight excluding hydrogens is 529 g/mol. The Morgan fingerprint density at radius 2 is 1.87 bits per heavy atom. The number of amides is 2. The normalized spacial score (nSPS) is 19.6. The van der Waals surface area contributed by atoms with Crippen LogP contribution in [0.4, 0.5) is 0 Å². The molecule has 2 aromatic heterocycles. The lowest BCUT2D eigenvalue weighted by Crippen LogP contribution is -2.45.